The summed E-state index contributed by atoms with van der Waals surface area (Å²) in [7, 11) is 0. The molecule has 0 aromatic heterocycles. The van der Waals surface area contributed by atoms with Crippen LogP contribution in [-0.2, 0) is 11.2 Å². The van der Waals surface area contributed by atoms with Crippen LogP contribution in [0.3, 0.4) is 0 Å². The summed E-state index contributed by atoms with van der Waals surface area (Å²) in [6.07, 6.45) is 1.91. The van der Waals surface area contributed by atoms with Crippen LogP contribution in [-0.4, -0.2) is 12.1 Å². The van der Waals surface area contributed by atoms with E-state index in [1.165, 1.54) is 0 Å². The standard InChI is InChI=1S/C15H12ClIN2O/c16-13-6-4-11(5-7-13)9-15(20)19-18-10-12-2-1-3-14(17)8-12/h1-8,10H,9H2,(H,19,20)/b18-10-. The minimum Gasteiger partial charge on any atom is -0.273 e. The predicted octanol–water partition coefficient (Wildman–Crippen LogP) is 3.64. The summed E-state index contributed by atoms with van der Waals surface area (Å²) in [6.45, 7) is 0. The molecule has 0 radical (unpaired) electrons. The van der Waals surface area contributed by atoms with Crippen LogP contribution in [0, 0.1) is 3.57 Å². The lowest BCUT2D eigenvalue weighted by Crippen LogP contribution is -2.19. The Morgan fingerprint density at radius 3 is 2.70 bits per heavy atom. The number of amides is 1. The summed E-state index contributed by atoms with van der Waals surface area (Å²) < 4.78 is 1.12. The highest BCUT2D eigenvalue weighted by molar-refractivity contribution is 14.1. The molecule has 2 aromatic rings. The first-order chi connectivity index (χ1) is 9.63. The van der Waals surface area contributed by atoms with Gasteiger partial charge in [-0.25, -0.2) is 5.43 Å². The maximum Gasteiger partial charge on any atom is 0.244 e. The Labute approximate surface area is 136 Å². The van der Waals surface area contributed by atoms with Crippen LogP contribution in [0.1, 0.15) is 11.1 Å². The fraction of sp³-hybridized carbons (Fsp3) is 0.0667. The number of halogens is 2. The van der Waals surface area contributed by atoms with Crippen LogP contribution in [0.15, 0.2) is 53.6 Å². The van der Waals surface area contributed by atoms with Crippen LogP contribution in [0.5, 0.6) is 0 Å². The van der Waals surface area contributed by atoms with Crippen molar-refractivity contribution in [1.82, 2.24) is 5.43 Å². The zero-order valence-electron chi connectivity index (χ0n) is 10.5. The lowest BCUT2D eigenvalue weighted by molar-refractivity contribution is -0.120. The fourth-order valence-electron chi connectivity index (χ4n) is 1.59. The van der Waals surface area contributed by atoms with E-state index in [4.69, 9.17) is 11.6 Å². The van der Waals surface area contributed by atoms with Crippen LogP contribution in [0.4, 0.5) is 0 Å². The summed E-state index contributed by atoms with van der Waals surface area (Å²) in [6, 6.07) is 15.0. The van der Waals surface area contributed by atoms with Gasteiger partial charge in [0.2, 0.25) is 5.91 Å². The van der Waals surface area contributed by atoms with Gasteiger partial charge in [-0.15, -0.1) is 0 Å². The van der Waals surface area contributed by atoms with Crippen LogP contribution >= 0.6 is 34.2 Å². The van der Waals surface area contributed by atoms with Gasteiger partial charge in [0.25, 0.3) is 0 Å². The quantitative estimate of drug-likeness (QED) is 0.477. The SMILES string of the molecule is O=C(Cc1ccc(Cl)cc1)N/N=C\c1cccc(I)c1. The lowest BCUT2D eigenvalue weighted by Gasteiger charge is -2.00. The highest BCUT2D eigenvalue weighted by atomic mass is 127. The van der Waals surface area contributed by atoms with Crippen molar-refractivity contribution in [1.29, 1.82) is 0 Å². The lowest BCUT2D eigenvalue weighted by atomic mass is 10.1. The van der Waals surface area contributed by atoms with E-state index in [1.54, 1.807) is 18.3 Å². The van der Waals surface area contributed by atoms with Crippen molar-refractivity contribution >= 4 is 46.3 Å². The van der Waals surface area contributed by atoms with Gasteiger partial charge in [0.1, 0.15) is 0 Å². The Kier molecular flexibility index (Phi) is 5.55. The maximum atomic E-state index is 11.7. The molecule has 20 heavy (non-hydrogen) atoms. The van der Waals surface area contributed by atoms with Crippen molar-refractivity contribution in [3.8, 4) is 0 Å². The van der Waals surface area contributed by atoms with E-state index >= 15 is 0 Å². The van der Waals surface area contributed by atoms with Crippen molar-refractivity contribution in [2.24, 2.45) is 5.10 Å². The fourth-order valence-corrected chi connectivity index (χ4v) is 2.29. The molecule has 5 heteroatoms. The largest absolute Gasteiger partial charge is 0.273 e. The van der Waals surface area contributed by atoms with Gasteiger partial charge in [-0.2, -0.15) is 5.10 Å². The molecule has 1 N–H and O–H groups in total. The third kappa shape index (κ3) is 4.94. The van der Waals surface area contributed by atoms with Crippen molar-refractivity contribution < 1.29 is 4.79 Å². The van der Waals surface area contributed by atoms with Crippen molar-refractivity contribution in [3.05, 3.63) is 68.3 Å². The predicted molar refractivity (Wildman–Crippen MR) is 90.1 cm³/mol. The molecular formula is C15H12ClIN2O. The topological polar surface area (TPSA) is 41.5 Å². The molecule has 0 saturated heterocycles. The molecule has 102 valence electrons. The van der Waals surface area contributed by atoms with E-state index in [2.05, 4.69) is 33.1 Å². The number of hydrazone groups is 1. The second-order valence-corrected chi connectivity index (χ2v) is 5.83. The number of carbonyl (C=O) groups is 1. The number of benzene rings is 2. The Morgan fingerprint density at radius 2 is 2.00 bits per heavy atom. The molecule has 0 aliphatic rings. The van der Waals surface area contributed by atoms with E-state index in [0.29, 0.717) is 5.02 Å². The molecule has 3 nitrogen and oxygen atoms in total. The molecule has 0 spiro atoms. The first-order valence-corrected chi connectivity index (χ1v) is 7.41. The van der Waals surface area contributed by atoms with Crippen LogP contribution in [0.25, 0.3) is 0 Å². The van der Waals surface area contributed by atoms with E-state index in [1.807, 2.05) is 36.4 Å². The van der Waals surface area contributed by atoms with Gasteiger partial charge in [-0.1, -0.05) is 35.9 Å². The Balaban J connectivity index is 1.87. The normalized spacial score (nSPS) is 10.7. The summed E-state index contributed by atoms with van der Waals surface area (Å²) in [5, 5.41) is 4.60. The van der Waals surface area contributed by atoms with Gasteiger partial charge in [-0.3, -0.25) is 4.79 Å². The summed E-state index contributed by atoms with van der Waals surface area (Å²) >= 11 is 8.02. The monoisotopic (exact) mass is 398 g/mol. The van der Waals surface area contributed by atoms with Gasteiger partial charge in [0.15, 0.2) is 0 Å². The van der Waals surface area contributed by atoms with E-state index in [0.717, 1.165) is 14.7 Å². The number of nitrogens with zero attached hydrogens (tertiary/aromatic N) is 1. The summed E-state index contributed by atoms with van der Waals surface area (Å²) in [5.41, 5.74) is 4.36. The Morgan fingerprint density at radius 1 is 1.25 bits per heavy atom. The molecule has 0 heterocycles. The zero-order valence-corrected chi connectivity index (χ0v) is 13.4. The summed E-state index contributed by atoms with van der Waals surface area (Å²) in [5.74, 6) is -0.158. The number of hydrogen-bond donors (Lipinski definition) is 1. The third-order valence-electron chi connectivity index (χ3n) is 2.53. The molecule has 2 aromatic carbocycles. The average molecular weight is 399 g/mol. The molecule has 0 aliphatic carbocycles. The van der Waals surface area contributed by atoms with Gasteiger partial charge < -0.3 is 0 Å². The highest BCUT2D eigenvalue weighted by Gasteiger charge is 2.01. The number of nitrogens with one attached hydrogen (secondary N) is 1. The third-order valence-corrected chi connectivity index (χ3v) is 3.45. The molecule has 0 atom stereocenters. The summed E-state index contributed by atoms with van der Waals surface area (Å²) in [4.78, 5) is 11.7. The maximum absolute atomic E-state index is 11.7. The van der Waals surface area contributed by atoms with Crippen molar-refractivity contribution in [3.63, 3.8) is 0 Å². The van der Waals surface area contributed by atoms with Crippen LogP contribution < -0.4 is 5.43 Å². The smallest absolute Gasteiger partial charge is 0.244 e. The Bertz CT molecular complexity index is 626. The zero-order chi connectivity index (χ0) is 14.4. The van der Waals surface area contributed by atoms with E-state index < -0.39 is 0 Å². The molecular weight excluding hydrogens is 387 g/mol. The molecule has 1 amide bonds. The molecule has 0 bridgehead atoms. The Hall–Kier alpha value is -1.40. The van der Waals surface area contributed by atoms with Crippen molar-refractivity contribution in [2.45, 2.75) is 6.42 Å². The van der Waals surface area contributed by atoms with Gasteiger partial charge in [-0.05, 0) is 58.0 Å². The van der Waals surface area contributed by atoms with Gasteiger partial charge >= 0.3 is 0 Å². The van der Waals surface area contributed by atoms with Crippen molar-refractivity contribution in [2.75, 3.05) is 0 Å². The second-order valence-electron chi connectivity index (χ2n) is 4.15. The molecule has 2 rings (SSSR count). The number of carbonyl (C=O) groups excluding carboxylic acids is 1. The van der Waals surface area contributed by atoms with Gasteiger partial charge in [0, 0.05) is 8.59 Å². The minimum atomic E-state index is -0.158. The second kappa shape index (κ2) is 7.40. The average Bonchev–Trinajstić information content (AvgIpc) is 2.41. The van der Waals surface area contributed by atoms with Gasteiger partial charge in [0.05, 0.1) is 12.6 Å². The first-order valence-electron chi connectivity index (χ1n) is 5.95. The molecule has 0 saturated carbocycles. The van der Waals surface area contributed by atoms with E-state index in [9.17, 15) is 4.79 Å². The van der Waals surface area contributed by atoms with Crippen LogP contribution in [0.2, 0.25) is 5.02 Å². The molecule has 0 aliphatic heterocycles. The number of hydrogen-bond acceptors (Lipinski definition) is 2. The molecule has 0 fully saturated rings. The highest BCUT2D eigenvalue weighted by Crippen LogP contribution is 2.09. The first kappa shape index (κ1) is 15.0. The van der Waals surface area contributed by atoms with E-state index in [-0.39, 0.29) is 12.3 Å². The number of rotatable bonds is 4. The minimum absolute atomic E-state index is 0.158. The molecule has 0 unspecified atom stereocenters.